The summed E-state index contributed by atoms with van der Waals surface area (Å²) < 4.78 is 63.7. The molecule has 2 fully saturated rings. The van der Waals surface area contributed by atoms with E-state index >= 15 is 0 Å². The molecule has 0 aliphatic carbocycles. The Morgan fingerprint density at radius 3 is 1.58 bits per heavy atom. The number of alkyl halides is 1. The van der Waals surface area contributed by atoms with Gasteiger partial charge in [-0.2, -0.15) is 8.42 Å². The molecule has 2 heterocycles. The van der Waals surface area contributed by atoms with E-state index in [1.807, 2.05) is 0 Å². The molecule has 19 nitrogen and oxygen atoms in total. The monoisotopic (exact) mass is 773 g/mol. The van der Waals surface area contributed by atoms with Gasteiger partial charge in [0, 0.05) is 23.3 Å². The van der Waals surface area contributed by atoms with Crippen molar-refractivity contribution in [3.8, 4) is 0 Å². The molecular formula is C30H50FN8NaO11S. The van der Waals surface area contributed by atoms with Gasteiger partial charge in [0.05, 0.1) is 41.6 Å². The number of esters is 2. The first-order valence-electron chi connectivity index (χ1n) is 15.8. The van der Waals surface area contributed by atoms with Gasteiger partial charge in [0.2, 0.25) is 0 Å². The SMILES string of the molecule is C=CC[C@@H]1[C@@H](N=[N+]=[N-])CN(C(=O)OC(C)(C)C)[C@@H]1C(=O)OC.C=CC[C@H]1[C@@H](C(=O)OC)N(C(=O)OC(C)(C)C)C[C@H]1OS(C)(=O)=O.[2H]CF.[N-]=[N+]=[N-].[Na+]. The average Bonchev–Trinajstić information content (AvgIpc) is 3.54. The summed E-state index contributed by atoms with van der Waals surface area (Å²) in [6, 6.07) is -2.39. The summed E-state index contributed by atoms with van der Waals surface area (Å²) in [6.45, 7) is 17.6. The van der Waals surface area contributed by atoms with Crippen LogP contribution in [0.5, 0.6) is 0 Å². The molecule has 0 spiro atoms. The number of halogens is 1. The van der Waals surface area contributed by atoms with Crippen molar-refractivity contribution in [1.29, 1.82) is 0 Å². The van der Waals surface area contributed by atoms with E-state index in [2.05, 4.69) is 23.2 Å². The van der Waals surface area contributed by atoms with Crippen molar-refractivity contribution in [2.24, 2.45) is 17.0 Å². The Morgan fingerprint density at radius 2 is 1.25 bits per heavy atom. The number of amides is 2. The maximum atomic E-state index is 12.4. The second-order valence-corrected chi connectivity index (χ2v) is 14.4. The molecule has 22 heteroatoms. The Hall–Kier alpha value is -3.58. The number of hydrogen-bond acceptors (Lipinski definition) is 12. The Bertz CT molecular complexity index is 1420. The Kier molecular flexibility index (Phi) is 23.9. The smallest absolute Gasteiger partial charge is 0.467 e. The molecule has 2 saturated heterocycles. The second-order valence-electron chi connectivity index (χ2n) is 12.8. The fraction of sp³-hybridized carbons (Fsp3) is 0.733. The number of hydrogen-bond donors (Lipinski definition) is 0. The van der Waals surface area contributed by atoms with Crippen LogP contribution in [0.15, 0.2) is 30.4 Å². The van der Waals surface area contributed by atoms with E-state index in [9.17, 15) is 32.0 Å². The molecule has 0 unspecified atom stereocenters. The van der Waals surface area contributed by atoms with E-state index in [-0.39, 0.29) is 55.0 Å². The van der Waals surface area contributed by atoms with Gasteiger partial charge in [-0.1, -0.05) is 17.3 Å². The van der Waals surface area contributed by atoms with E-state index in [1.54, 1.807) is 47.6 Å². The Labute approximate surface area is 328 Å². The molecule has 0 radical (unpaired) electrons. The van der Waals surface area contributed by atoms with Crippen LogP contribution in [-0.4, -0.2) is 118 Å². The summed E-state index contributed by atoms with van der Waals surface area (Å²) in [5, 5.41) is 3.70. The predicted molar refractivity (Wildman–Crippen MR) is 184 cm³/mol. The van der Waals surface area contributed by atoms with Crippen LogP contribution in [0, 0.1) is 11.8 Å². The van der Waals surface area contributed by atoms with E-state index in [1.165, 1.54) is 30.1 Å². The number of likely N-dealkylation sites (tertiary alicyclic amines) is 2. The fourth-order valence-corrected chi connectivity index (χ4v) is 5.75. The Morgan fingerprint density at radius 1 is 0.885 bits per heavy atom. The van der Waals surface area contributed by atoms with Crippen LogP contribution in [0.25, 0.3) is 26.4 Å². The van der Waals surface area contributed by atoms with Crippen LogP contribution in [0.2, 0.25) is 0 Å². The van der Waals surface area contributed by atoms with Crippen LogP contribution in [-0.2, 0) is 42.8 Å². The van der Waals surface area contributed by atoms with Gasteiger partial charge in [-0.15, -0.1) is 13.2 Å². The first-order chi connectivity index (χ1) is 24.0. The fourth-order valence-electron chi connectivity index (χ4n) is 5.10. The molecule has 2 amide bonds. The summed E-state index contributed by atoms with van der Waals surface area (Å²) in [5.74, 6) is -2.20. The van der Waals surface area contributed by atoms with E-state index < -0.39 is 82.7 Å². The second kappa shape index (κ2) is 24.6. The summed E-state index contributed by atoms with van der Waals surface area (Å²) >= 11 is 0. The number of methoxy groups -OCH3 is 2. The van der Waals surface area contributed by atoms with Crippen molar-refractivity contribution >= 4 is 34.2 Å². The number of rotatable bonds is 9. The minimum atomic E-state index is -3.76. The van der Waals surface area contributed by atoms with Gasteiger partial charge in [0.25, 0.3) is 10.1 Å². The molecular weight excluding hydrogens is 722 g/mol. The van der Waals surface area contributed by atoms with Crippen molar-refractivity contribution in [2.75, 3.05) is 40.7 Å². The maximum Gasteiger partial charge on any atom is 1.00 e. The predicted octanol–water partition coefficient (Wildman–Crippen LogP) is 2.42. The van der Waals surface area contributed by atoms with Gasteiger partial charge in [-0.05, 0) is 59.9 Å². The van der Waals surface area contributed by atoms with E-state index in [0.29, 0.717) is 6.42 Å². The van der Waals surface area contributed by atoms with Crippen molar-refractivity contribution in [3.05, 3.63) is 51.7 Å². The summed E-state index contributed by atoms with van der Waals surface area (Å²) in [4.78, 5) is 55.7. The number of allylic oxidation sites excluding steroid dienone is 2. The van der Waals surface area contributed by atoms with Crippen LogP contribution in [0.1, 0.15) is 55.8 Å². The first kappa shape index (κ1) is 50.5. The minimum absolute atomic E-state index is 0. The number of azide groups is 1. The van der Waals surface area contributed by atoms with Crippen LogP contribution in [0.4, 0.5) is 14.0 Å². The molecule has 0 aromatic rings. The van der Waals surface area contributed by atoms with Crippen molar-refractivity contribution < 1.29 is 86.0 Å². The van der Waals surface area contributed by atoms with Crippen molar-refractivity contribution in [3.63, 3.8) is 0 Å². The molecule has 2 aliphatic rings. The van der Waals surface area contributed by atoms with E-state index in [4.69, 9.17) is 41.1 Å². The van der Waals surface area contributed by atoms with Gasteiger partial charge < -0.3 is 30.0 Å². The third-order valence-corrected chi connectivity index (χ3v) is 7.33. The van der Waals surface area contributed by atoms with Crippen molar-refractivity contribution in [2.45, 2.75) is 89.8 Å². The van der Waals surface area contributed by atoms with Crippen molar-refractivity contribution in [1.82, 2.24) is 9.80 Å². The molecule has 0 aromatic heterocycles. The molecule has 2 aliphatic heterocycles. The zero-order valence-electron chi connectivity index (χ0n) is 32.4. The summed E-state index contributed by atoms with van der Waals surface area (Å²) in [5.41, 5.74) is 20.7. The number of nitrogens with zero attached hydrogens (tertiary/aromatic N) is 8. The van der Waals surface area contributed by atoms with E-state index in [0.717, 1.165) is 11.2 Å². The molecule has 0 bridgehead atoms. The third kappa shape index (κ3) is 18.3. The number of carbonyl (C=O) groups is 4. The standard InChI is InChI=1S/C15H25NO7S.C14H22N4O4.CH3F.N3.Na/c1-7-8-10-11(23-24(6,19)20)9-16(12(10)13(17)21-5)14(18)22-15(2,3)4;1-6-7-9-10(16-17-15)8-18(11(9)12(19)21-5)13(20)22-14(2,3)4;1-2;1-3-2;/h7,10-12H,1,8-9H2,2-6H3;6,9-11H,1,7-8H2,2-5H3;1H3;;/q;;;-1;+1/t10-,11-,12+;9-,10+,11+;;;/m11.../s1/i;;1D;;. The van der Waals surface area contributed by atoms with Gasteiger partial charge in [0.15, 0.2) is 0 Å². The molecule has 52 heavy (non-hydrogen) atoms. The van der Waals surface area contributed by atoms with Crippen LogP contribution in [0.3, 0.4) is 0 Å². The quantitative estimate of drug-likeness (QED) is 0.0480. The first-order valence-corrected chi connectivity index (χ1v) is 16.9. The van der Waals surface area contributed by atoms with Gasteiger partial charge in [0.1, 0.15) is 29.4 Å². The number of ether oxygens (including phenoxy) is 4. The zero-order chi connectivity index (χ0) is 41.0. The molecule has 2 rings (SSSR count). The molecule has 0 saturated carbocycles. The van der Waals surface area contributed by atoms with Gasteiger partial charge in [-0.25, -0.2) is 19.2 Å². The van der Waals surface area contributed by atoms with Crippen LogP contribution < -0.4 is 29.6 Å². The third-order valence-electron chi connectivity index (χ3n) is 6.73. The summed E-state index contributed by atoms with van der Waals surface area (Å²) in [7, 11) is -2.31. The molecule has 6 atom stereocenters. The Balaban J connectivity index is -0.000000809. The van der Waals surface area contributed by atoms with Crippen LogP contribution >= 0.6 is 0 Å². The number of carbonyl (C=O) groups excluding carboxylic acids is 4. The normalized spacial score (nSPS) is 22.2. The van der Waals surface area contributed by atoms with Gasteiger partial charge in [-0.3, -0.25) is 23.3 Å². The minimum Gasteiger partial charge on any atom is -0.467 e. The topological polar surface area (TPSA) is 263 Å². The van der Waals surface area contributed by atoms with Gasteiger partial charge >= 0.3 is 53.7 Å². The summed E-state index contributed by atoms with van der Waals surface area (Å²) in [6.07, 6.45) is 2.54. The molecule has 0 aromatic carbocycles. The average molecular weight is 774 g/mol. The largest absolute Gasteiger partial charge is 1.00 e. The zero-order valence-corrected chi connectivity index (χ0v) is 34.2. The molecule has 290 valence electrons. The maximum absolute atomic E-state index is 12.4. The molecule has 0 N–H and O–H groups in total.